The van der Waals surface area contributed by atoms with E-state index in [1.807, 2.05) is 12.1 Å². The minimum absolute atomic E-state index is 0.149. The van der Waals surface area contributed by atoms with Crippen LogP contribution >= 0.6 is 11.6 Å². The minimum Gasteiger partial charge on any atom is -0.423 e. The van der Waals surface area contributed by atoms with Gasteiger partial charge in [0.25, 0.3) is 5.56 Å². The van der Waals surface area contributed by atoms with Crippen LogP contribution in [0.5, 0.6) is 0 Å². The lowest BCUT2D eigenvalue weighted by Crippen LogP contribution is -2.39. The van der Waals surface area contributed by atoms with E-state index in [1.165, 1.54) is 4.57 Å². The van der Waals surface area contributed by atoms with Crippen LogP contribution in [-0.4, -0.2) is 18.5 Å². The molecule has 1 aromatic carbocycles. The summed E-state index contributed by atoms with van der Waals surface area (Å²) in [5, 5.41) is 0.619. The molecule has 4 aromatic rings. The van der Waals surface area contributed by atoms with Gasteiger partial charge in [0.15, 0.2) is 16.9 Å². The minimum atomic E-state index is -0.441. The lowest BCUT2D eigenvalue weighted by atomic mass is 10.2. The monoisotopic (exact) mass is 370 g/mol. The fraction of sp³-hybridized carbons (Fsp3) is 0.167. The molecule has 26 heavy (non-hydrogen) atoms. The first-order chi connectivity index (χ1) is 12.4. The Balaban J connectivity index is 2.02. The molecule has 0 spiro atoms. The Hall–Kier alpha value is -3.06. The third-order valence-corrected chi connectivity index (χ3v) is 4.40. The van der Waals surface area contributed by atoms with Crippen LogP contribution in [0, 0.1) is 0 Å². The molecule has 0 N–H and O–H groups in total. The van der Waals surface area contributed by atoms with Crippen molar-refractivity contribution in [2.75, 3.05) is 0 Å². The van der Waals surface area contributed by atoms with Crippen molar-refractivity contribution in [2.45, 2.75) is 13.5 Å². The Morgan fingerprint density at radius 2 is 1.96 bits per heavy atom. The number of benzene rings is 1. The Morgan fingerprint density at radius 1 is 1.27 bits per heavy atom. The van der Waals surface area contributed by atoms with Gasteiger partial charge in [-0.05, 0) is 31.2 Å². The molecule has 132 valence electrons. The SMILES string of the molecule is C=C(C)Cn1c(=O)c2c(nc3oc(-c4ccc(Cl)cc4)cn32)n(C)c1=O. The maximum Gasteiger partial charge on any atom is 0.332 e. The number of rotatable bonds is 3. The van der Waals surface area contributed by atoms with Gasteiger partial charge in [0.1, 0.15) is 0 Å². The molecule has 0 aliphatic carbocycles. The van der Waals surface area contributed by atoms with Crippen LogP contribution in [0.2, 0.25) is 5.02 Å². The van der Waals surface area contributed by atoms with Crippen LogP contribution in [0.25, 0.3) is 28.3 Å². The first-order valence-electron chi connectivity index (χ1n) is 7.88. The molecule has 0 aliphatic rings. The molecule has 0 saturated heterocycles. The highest BCUT2D eigenvalue weighted by molar-refractivity contribution is 6.30. The molecular formula is C18H15ClN4O3. The number of fused-ring (bicyclic) bond motifs is 3. The maximum atomic E-state index is 12.9. The molecule has 0 atom stereocenters. The standard InChI is InChI=1S/C18H15ClN4O3/c1-10(2)8-23-16(24)14-15(21(3)18(23)25)20-17-22(14)9-13(26-17)11-4-6-12(19)7-5-11/h4-7,9H,1,8H2,2-3H3. The fourth-order valence-electron chi connectivity index (χ4n) is 2.91. The van der Waals surface area contributed by atoms with E-state index in [9.17, 15) is 9.59 Å². The lowest BCUT2D eigenvalue weighted by Gasteiger charge is -2.07. The molecule has 3 aromatic heterocycles. The third-order valence-electron chi connectivity index (χ3n) is 4.15. The van der Waals surface area contributed by atoms with Crippen molar-refractivity contribution in [1.82, 2.24) is 18.5 Å². The van der Waals surface area contributed by atoms with Gasteiger partial charge in [-0.1, -0.05) is 23.8 Å². The quantitative estimate of drug-likeness (QED) is 0.520. The van der Waals surface area contributed by atoms with E-state index in [4.69, 9.17) is 16.0 Å². The number of allylic oxidation sites excluding steroid dienone is 1. The second-order valence-electron chi connectivity index (χ2n) is 6.23. The van der Waals surface area contributed by atoms with Gasteiger partial charge in [-0.15, -0.1) is 0 Å². The first-order valence-corrected chi connectivity index (χ1v) is 8.26. The number of imidazole rings is 1. The number of hydrogen-bond acceptors (Lipinski definition) is 4. The summed E-state index contributed by atoms with van der Waals surface area (Å²) >= 11 is 5.92. The van der Waals surface area contributed by atoms with Crippen LogP contribution in [0.15, 0.2) is 56.6 Å². The van der Waals surface area contributed by atoms with Crippen molar-refractivity contribution < 1.29 is 4.42 Å². The van der Waals surface area contributed by atoms with Gasteiger partial charge >= 0.3 is 11.5 Å². The Kier molecular flexibility index (Phi) is 3.62. The first kappa shape index (κ1) is 16.4. The summed E-state index contributed by atoms with van der Waals surface area (Å²) in [6, 6.07) is 7.14. The van der Waals surface area contributed by atoms with Crippen LogP contribution in [-0.2, 0) is 13.6 Å². The van der Waals surface area contributed by atoms with Crippen LogP contribution in [0.1, 0.15) is 6.92 Å². The van der Waals surface area contributed by atoms with Crippen molar-refractivity contribution in [2.24, 2.45) is 7.05 Å². The highest BCUT2D eigenvalue weighted by atomic mass is 35.5. The zero-order valence-corrected chi connectivity index (χ0v) is 14.9. The molecule has 0 amide bonds. The van der Waals surface area contributed by atoms with E-state index in [0.717, 1.165) is 10.1 Å². The summed E-state index contributed by atoms with van der Waals surface area (Å²) in [6.45, 7) is 5.70. The van der Waals surface area contributed by atoms with Crippen molar-refractivity contribution >= 4 is 28.6 Å². The lowest BCUT2D eigenvalue weighted by molar-refractivity contribution is 0.610. The largest absolute Gasteiger partial charge is 0.423 e. The van der Waals surface area contributed by atoms with E-state index in [-0.39, 0.29) is 23.6 Å². The van der Waals surface area contributed by atoms with Crippen LogP contribution in [0.4, 0.5) is 0 Å². The molecule has 0 fully saturated rings. The van der Waals surface area contributed by atoms with Crippen LogP contribution in [0.3, 0.4) is 0 Å². The predicted molar refractivity (Wildman–Crippen MR) is 99.7 cm³/mol. The van der Waals surface area contributed by atoms with Gasteiger partial charge < -0.3 is 4.42 Å². The highest BCUT2D eigenvalue weighted by Gasteiger charge is 2.20. The van der Waals surface area contributed by atoms with Crippen LogP contribution < -0.4 is 11.2 Å². The highest BCUT2D eigenvalue weighted by Crippen LogP contribution is 2.25. The van der Waals surface area contributed by atoms with Gasteiger partial charge in [0.2, 0.25) is 0 Å². The van der Waals surface area contributed by atoms with Gasteiger partial charge in [0.05, 0.1) is 12.7 Å². The number of aromatic nitrogens is 4. The van der Waals surface area contributed by atoms with E-state index in [0.29, 0.717) is 16.4 Å². The summed E-state index contributed by atoms with van der Waals surface area (Å²) in [4.78, 5) is 29.7. The summed E-state index contributed by atoms with van der Waals surface area (Å²) in [7, 11) is 1.57. The van der Waals surface area contributed by atoms with E-state index in [2.05, 4.69) is 11.6 Å². The Bertz CT molecular complexity index is 1290. The normalized spacial score (nSPS) is 11.5. The second kappa shape index (κ2) is 5.74. The summed E-state index contributed by atoms with van der Waals surface area (Å²) in [6.07, 6.45) is 1.69. The molecule has 4 rings (SSSR count). The molecule has 0 unspecified atom stereocenters. The third kappa shape index (κ3) is 2.40. The average molecular weight is 371 g/mol. The smallest absolute Gasteiger partial charge is 0.332 e. The summed E-state index contributed by atoms with van der Waals surface area (Å²) < 4.78 is 9.83. The van der Waals surface area contributed by atoms with E-state index < -0.39 is 11.2 Å². The maximum absolute atomic E-state index is 12.9. The van der Waals surface area contributed by atoms with E-state index >= 15 is 0 Å². The van der Waals surface area contributed by atoms with Gasteiger partial charge in [0, 0.05) is 17.6 Å². The molecule has 7 nitrogen and oxygen atoms in total. The van der Waals surface area contributed by atoms with Gasteiger partial charge in [-0.25, -0.2) is 4.79 Å². The molecule has 3 heterocycles. The Morgan fingerprint density at radius 3 is 2.62 bits per heavy atom. The van der Waals surface area contributed by atoms with Gasteiger partial charge in [-0.2, -0.15) is 4.98 Å². The van der Waals surface area contributed by atoms with Crippen molar-refractivity contribution in [1.29, 1.82) is 0 Å². The number of nitrogens with zero attached hydrogens (tertiary/aromatic N) is 4. The average Bonchev–Trinajstić information content (AvgIpc) is 3.15. The zero-order chi connectivity index (χ0) is 18.6. The number of halogens is 1. The second-order valence-corrected chi connectivity index (χ2v) is 6.67. The molecule has 0 aliphatic heterocycles. The zero-order valence-electron chi connectivity index (χ0n) is 14.2. The summed E-state index contributed by atoms with van der Waals surface area (Å²) in [5.74, 6) is 0.788. The molecule has 0 saturated carbocycles. The number of aryl methyl sites for hydroxylation is 1. The molecule has 0 radical (unpaired) electrons. The molecule has 0 bridgehead atoms. The van der Waals surface area contributed by atoms with Crippen molar-refractivity contribution in [3.05, 3.63) is 68.5 Å². The Labute approximate surface area is 152 Å². The number of hydrogen-bond donors (Lipinski definition) is 0. The fourth-order valence-corrected chi connectivity index (χ4v) is 3.04. The molecule has 8 heteroatoms. The van der Waals surface area contributed by atoms with E-state index in [1.54, 1.807) is 36.7 Å². The predicted octanol–water partition coefficient (Wildman–Crippen LogP) is 2.84. The van der Waals surface area contributed by atoms with Crippen molar-refractivity contribution in [3.63, 3.8) is 0 Å². The van der Waals surface area contributed by atoms with Crippen molar-refractivity contribution in [3.8, 4) is 11.3 Å². The topological polar surface area (TPSA) is 74.4 Å². The molecular weight excluding hydrogens is 356 g/mol. The number of oxazole rings is 1. The summed E-state index contributed by atoms with van der Waals surface area (Å²) in [5.41, 5.74) is 1.21. The van der Waals surface area contributed by atoms with Gasteiger partial charge in [-0.3, -0.25) is 18.3 Å².